The maximum atomic E-state index is 13.3. The quantitative estimate of drug-likeness (QED) is 0.796. The van der Waals surface area contributed by atoms with E-state index in [1.165, 1.54) is 12.1 Å². The molecule has 2 heterocycles. The van der Waals surface area contributed by atoms with Crippen LogP contribution in [0.5, 0.6) is 0 Å². The van der Waals surface area contributed by atoms with Crippen LogP contribution in [0.25, 0.3) is 10.9 Å². The lowest BCUT2D eigenvalue weighted by molar-refractivity contribution is 0.0953. The maximum absolute atomic E-state index is 13.3. The first-order valence-corrected chi connectivity index (χ1v) is 6.83. The first-order chi connectivity index (χ1) is 10.6. The van der Waals surface area contributed by atoms with Gasteiger partial charge in [-0.25, -0.2) is 4.39 Å². The molecule has 3 aromatic rings. The Balaban J connectivity index is 1.81. The van der Waals surface area contributed by atoms with Gasteiger partial charge in [0.2, 0.25) is 0 Å². The zero-order valence-corrected chi connectivity index (χ0v) is 12.0. The van der Waals surface area contributed by atoms with Gasteiger partial charge in [0.15, 0.2) is 0 Å². The molecule has 1 amide bonds. The highest BCUT2D eigenvalue weighted by atomic mass is 19.1. The second-order valence-electron chi connectivity index (χ2n) is 4.89. The number of fused-ring (bicyclic) bond motifs is 1. The fraction of sp³-hybridized carbons (Fsp3) is 0.200. The van der Waals surface area contributed by atoms with Crippen molar-refractivity contribution in [2.75, 3.05) is 6.54 Å². The van der Waals surface area contributed by atoms with Crippen LogP contribution in [0.1, 0.15) is 16.1 Å². The molecule has 0 atom stereocenters. The lowest BCUT2D eigenvalue weighted by Crippen LogP contribution is -2.27. The predicted molar refractivity (Wildman–Crippen MR) is 78.8 cm³/mol. The average molecular weight is 299 g/mol. The Bertz CT molecular complexity index is 811. The second-order valence-corrected chi connectivity index (χ2v) is 4.89. The second kappa shape index (κ2) is 5.88. The van der Waals surface area contributed by atoms with Gasteiger partial charge in [-0.1, -0.05) is 5.21 Å². The van der Waals surface area contributed by atoms with E-state index in [2.05, 4.69) is 20.6 Å². The Morgan fingerprint density at radius 2 is 2.23 bits per heavy atom. The van der Waals surface area contributed by atoms with Crippen LogP contribution in [0.4, 0.5) is 4.39 Å². The fourth-order valence-electron chi connectivity index (χ4n) is 2.25. The standard InChI is InChI=1S/C15H14FN5O/c1-10-8-13(12-3-2-11(16)9-14(12)19-10)15(22)17-4-6-21-7-5-18-20-21/h2-3,5,7-9H,4,6H2,1H3,(H,17,22). The lowest BCUT2D eigenvalue weighted by Gasteiger charge is -2.09. The number of aryl methyl sites for hydroxylation is 1. The Labute approximate surface area is 126 Å². The summed E-state index contributed by atoms with van der Waals surface area (Å²) in [5.41, 5.74) is 1.63. The smallest absolute Gasteiger partial charge is 0.252 e. The van der Waals surface area contributed by atoms with Crippen molar-refractivity contribution in [3.63, 3.8) is 0 Å². The lowest BCUT2D eigenvalue weighted by atomic mass is 10.1. The van der Waals surface area contributed by atoms with Crippen molar-refractivity contribution >= 4 is 16.8 Å². The minimum Gasteiger partial charge on any atom is -0.350 e. The van der Waals surface area contributed by atoms with Gasteiger partial charge in [-0.3, -0.25) is 14.5 Å². The Morgan fingerprint density at radius 1 is 1.36 bits per heavy atom. The number of halogens is 1. The molecule has 1 aromatic carbocycles. The summed E-state index contributed by atoms with van der Waals surface area (Å²) in [7, 11) is 0. The molecule has 6 nitrogen and oxygen atoms in total. The third kappa shape index (κ3) is 2.93. The molecule has 0 bridgehead atoms. The van der Waals surface area contributed by atoms with Crippen molar-refractivity contribution in [2.45, 2.75) is 13.5 Å². The van der Waals surface area contributed by atoms with E-state index in [4.69, 9.17) is 0 Å². The molecule has 0 aliphatic carbocycles. The average Bonchev–Trinajstić information content (AvgIpc) is 2.99. The number of nitrogens with zero attached hydrogens (tertiary/aromatic N) is 4. The molecule has 0 aliphatic rings. The number of nitrogens with one attached hydrogen (secondary N) is 1. The van der Waals surface area contributed by atoms with Gasteiger partial charge in [0, 0.05) is 29.9 Å². The zero-order valence-electron chi connectivity index (χ0n) is 12.0. The number of carbonyl (C=O) groups excluding carboxylic acids is 1. The van der Waals surface area contributed by atoms with Gasteiger partial charge < -0.3 is 5.32 Å². The van der Waals surface area contributed by atoms with Crippen molar-refractivity contribution in [1.29, 1.82) is 0 Å². The van der Waals surface area contributed by atoms with Crippen LogP contribution >= 0.6 is 0 Å². The SMILES string of the molecule is Cc1cc(C(=O)NCCn2ccnn2)c2ccc(F)cc2n1. The molecule has 0 unspecified atom stereocenters. The highest BCUT2D eigenvalue weighted by Crippen LogP contribution is 2.19. The maximum Gasteiger partial charge on any atom is 0.252 e. The topological polar surface area (TPSA) is 72.7 Å². The van der Waals surface area contributed by atoms with E-state index in [0.29, 0.717) is 35.2 Å². The van der Waals surface area contributed by atoms with E-state index >= 15 is 0 Å². The van der Waals surface area contributed by atoms with E-state index in [-0.39, 0.29) is 11.7 Å². The van der Waals surface area contributed by atoms with Gasteiger partial charge in [-0.05, 0) is 25.1 Å². The first kappa shape index (κ1) is 14.1. The van der Waals surface area contributed by atoms with E-state index in [1.807, 2.05) is 0 Å². The predicted octanol–water partition coefficient (Wildman–Crippen LogP) is 1.70. The van der Waals surface area contributed by atoms with Crippen LogP contribution in [0.15, 0.2) is 36.7 Å². The first-order valence-electron chi connectivity index (χ1n) is 6.83. The van der Waals surface area contributed by atoms with Crippen molar-refractivity contribution < 1.29 is 9.18 Å². The van der Waals surface area contributed by atoms with E-state index < -0.39 is 0 Å². The molecule has 2 aromatic heterocycles. The molecule has 0 spiro atoms. The molecule has 0 radical (unpaired) electrons. The number of pyridine rings is 1. The number of aromatic nitrogens is 4. The Hall–Kier alpha value is -2.83. The van der Waals surface area contributed by atoms with Gasteiger partial charge >= 0.3 is 0 Å². The molecule has 0 saturated heterocycles. The summed E-state index contributed by atoms with van der Waals surface area (Å²) >= 11 is 0. The zero-order chi connectivity index (χ0) is 15.5. The molecule has 0 fully saturated rings. The van der Waals surface area contributed by atoms with Crippen molar-refractivity contribution in [2.24, 2.45) is 0 Å². The summed E-state index contributed by atoms with van der Waals surface area (Å²) < 4.78 is 14.9. The summed E-state index contributed by atoms with van der Waals surface area (Å²) in [4.78, 5) is 16.6. The molecule has 3 rings (SSSR count). The van der Waals surface area contributed by atoms with Crippen LogP contribution in [0.2, 0.25) is 0 Å². The molecule has 0 saturated carbocycles. The van der Waals surface area contributed by atoms with Gasteiger partial charge in [0.1, 0.15) is 5.82 Å². The van der Waals surface area contributed by atoms with Crippen LogP contribution in [0.3, 0.4) is 0 Å². The summed E-state index contributed by atoms with van der Waals surface area (Å²) in [6.45, 7) is 2.73. The van der Waals surface area contributed by atoms with Gasteiger partial charge in [0.05, 0.1) is 23.8 Å². The number of hydrogen-bond donors (Lipinski definition) is 1. The van der Waals surface area contributed by atoms with Crippen molar-refractivity contribution in [3.05, 3.63) is 53.7 Å². The number of benzene rings is 1. The molecule has 22 heavy (non-hydrogen) atoms. The highest BCUT2D eigenvalue weighted by Gasteiger charge is 2.12. The monoisotopic (exact) mass is 299 g/mol. The summed E-state index contributed by atoms with van der Waals surface area (Å²) in [5.74, 6) is -0.592. The number of rotatable bonds is 4. The molecule has 112 valence electrons. The van der Waals surface area contributed by atoms with Crippen molar-refractivity contribution in [3.8, 4) is 0 Å². The Kier molecular flexibility index (Phi) is 3.78. The van der Waals surface area contributed by atoms with E-state index in [0.717, 1.165) is 0 Å². The van der Waals surface area contributed by atoms with E-state index in [9.17, 15) is 9.18 Å². The summed E-state index contributed by atoms with van der Waals surface area (Å²) in [6, 6.07) is 5.93. The normalized spacial score (nSPS) is 10.8. The molecular formula is C15H14FN5O. The molecule has 7 heteroatoms. The summed E-state index contributed by atoms with van der Waals surface area (Å²) in [6.07, 6.45) is 3.30. The molecule has 1 N–H and O–H groups in total. The minimum atomic E-state index is -0.372. The third-order valence-corrected chi connectivity index (χ3v) is 3.24. The minimum absolute atomic E-state index is 0.220. The van der Waals surface area contributed by atoms with Gasteiger partial charge in [0.25, 0.3) is 5.91 Å². The van der Waals surface area contributed by atoms with Crippen LogP contribution in [0, 0.1) is 12.7 Å². The summed E-state index contributed by atoms with van der Waals surface area (Å²) in [5, 5.41) is 11.0. The van der Waals surface area contributed by atoms with Crippen LogP contribution < -0.4 is 5.32 Å². The molecule has 0 aliphatic heterocycles. The highest BCUT2D eigenvalue weighted by molar-refractivity contribution is 6.06. The Morgan fingerprint density at radius 3 is 3.00 bits per heavy atom. The van der Waals surface area contributed by atoms with Crippen LogP contribution in [-0.4, -0.2) is 32.4 Å². The largest absolute Gasteiger partial charge is 0.350 e. The van der Waals surface area contributed by atoms with Gasteiger partial charge in [-0.2, -0.15) is 0 Å². The number of amides is 1. The number of hydrogen-bond acceptors (Lipinski definition) is 4. The molecular weight excluding hydrogens is 285 g/mol. The van der Waals surface area contributed by atoms with E-state index in [1.54, 1.807) is 36.1 Å². The van der Waals surface area contributed by atoms with Crippen LogP contribution in [-0.2, 0) is 6.54 Å². The number of carbonyl (C=O) groups is 1. The van der Waals surface area contributed by atoms with Gasteiger partial charge in [-0.15, -0.1) is 5.10 Å². The third-order valence-electron chi connectivity index (χ3n) is 3.24. The fourth-order valence-corrected chi connectivity index (χ4v) is 2.25. The van der Waals surface area contributed by atoms with Crippen molar-refractivity contribution in [1.82, 2.24) is 25.3 Å².